The molecule has 0 bridgehead atoms. The number of carbonyl (C=O) groups excluding carboxylic acids is 1. The Morgan fingerprint density at radius 2 is 2.13 bits per heavy atom. The summed E-state index contributed by atoms with van der Waals surface area (Å²) in [6.45, 7) is 4.08. The topological polar surface area (TPSA) is 98.7 Å². The van der Waals surface area contributed by atoms with E-state index in [2.05, 4.69) is 25.5 Å². The second-order valence-electron chi connectivity index (χ2n) is 6.72. The molecule has 3 heterocycles. The minimum absolute atomic E-state index is 0.102. The van der Waals surface area contributed by atoms with Crippen LogP contribution in [0.15, 0.2) is 58.7 Å². The molecule has 2 unspecified atom stereocenters. The van der Waals surface area contributed by atoms with Crippen LogP contribution in [0.3, 0.4) is 0 Å². The fourth-order valence-electron chi connectivity index (χ4n) is 2.95. The van der Waals surface area contributed by atoms with Crippen molar-refractivity contribution in [2.45, 2.75) is 30.5 Å². The minimum Gasteiger partial charge on any atom is -0.363 e. The number of halogens is 1. The van der Waals surface area contributed by atoms with Gasteiger partial charge in [-0.05, 0) is 18.1 Å². The van der Waals surface area contributed by atoms with Crippen LogP contribution in [0.5, 0.6) is 0 Å². The summed E-state index contributed by atoms with van der Waals surface area (Å²) < 4.78 is 6.48. The normalized spacial score (nSPS) is 13.3. The molecule has 2 atom stereocenters. The molecule has 1 N–H and O–H groups in total. The van der Waals surface area contributed by atoms with Crippen LogP contribution in [-0.2, 0) is 4.79 Å². The van der Waals surface area contributed by atoms with E-state index in [-0.39, 0.29) is 17.1 Å². The number of nitrogens with zero attached hydrogens (tertiary/aromatic N) is 5. The molecule has 1 aromatic carbocycles. The number of nitrogens with one attached hydrogen (secondary N) is 1. The van der Waals surface area contributed by atoms with E-state index in [9.17, 15) is 4.79 Å². The number of hydrogen-bond donors (Lipinski definition) is 1. The van der Waals surface area contributed by atoms with Gasteiger partial charge in [0.2, 0.25) is 5.91 Å². The average molecular weight is 443 g/mol. The van der Waals surface area contributed by atoms with Crippen LogP contribution in [0.2, 0.25) is 5.02 Å². The molecule has 8 nitrogen and oxygen atoms in total. The Morgan fingerprint density at radius 1 is 1.30 bits per heavy atom. The summed E-state index contributed by atoms with van der Waals surface area (Å²) in [7, 11) is 0. The number of carbonyl (C=O) groups is 1. The molecule has 0 aliphatic carbocycles. The van der Waals surface area contributed by atoms with Crippen LogP contribution in [-0.4, -0.2) is 36.1 Å². The quantitative estimate of drug-likeness (QED) is 0.329. The number of rotatable bonds is 7. The predicted octanol–water partition coefficient (Wildman–Crippen LogP) is 4.60. The molecule has 3 aromatic heterocycles. The van der Waals surface area contributed by atoms with E-state index in [1.165, 1.54) is 24.4 Å². The molecular weight excluding hydrogens is 424 g/mol. The van der Waals surface area contributed by atoms with Gasteiger partial charge in [-0.1, -0.05) is 60.9 Å². The fraction of sp³-hybridized carbons (Fsp3) is 0.250. The molecule has 0 aliphatic rings. The van der Waals surface area contributed by atoms with Gasteiger partial charge in [-0.25, -0.2) is 14.6 Å². The highest BCUT2D eigenvalue weighted by Gasteiger charge is 2.28. The Morgan fingerprint density at radius 3 is 2.87 bits per heavy atom. The number of para-hydroxylation sites is 1. The van der Waals surface area contributed by atoms with Crippen molar-refractivity contribution in [1.29, 1.82) is 0 Å². The van der Waals surface area contributed by atoms with Gasteiger partial charge in [-0.3, -0.25) is 4.79 Å². The van der Waals surface area contributed by atoms with Gasteiger partial charge in [0.05, 0.1) is 27.5 Å². The van der Waals surface area contributed by atoms with Crippen molar-refractivity contribution in [1.82, 2.24) is 24.9 Å². The molecule has 154 valence electrons. The Kier molecular flexibility index (Phi) is 6.01. The van der Waals surface area contributed by atoms with Crippen molar-refractivity contribution in [2.24, 2.45) is 5.92 Å². The van der Waals surface area contributed by atoms with Crippen molar-refractivity contribution < 1.29 is 9.32 Å². The lowest BCUT2D eigenvalue weighted by Gasteiger charge is -2.20. The van der Waals surface area contributed by atoms with Crippen molar-refractivity contribution in [3.05, 3.63) is 54.1 Å². The maximum atomic E-state index is 12.9. The summed E-state index contributed by atoms with van der Waals surface area (Å²) in [6.07, 6.45) is 5.42. The van der Waals surface area contributed by atoms with Crippen molar-refractivity contribution >= 4 is 46.1 Å². The molecular formula is C20H19ClN6O2S. The lowest BCUT2D eigenvalue weighted by molar-refractivity contribution is -0.116. The highest BCUT2D eigenvalue weighted by Crippen LogP contribution is 2.34. The van der Waals surface area contributed by atoms with Gasteiger partial charge in [0, 0.05) is 6.07 Å². The molecule has 0 saturated carbocycles. The van der Waals surface area contributed by atoms with Crippen molar-refractivity contribution in [3.63, 3.8) is 0 Å². The number of fused-ring (bicyclic) bond motifs is 1. The van der Waals surface area contributed by atoms with E-state index in [0.29, 0.717) is 21.5 Å². The largest absolute Gasteiger partial charge is 0.363 e. The van der Waals surface area contributed by atoms with Crippen LogP contribution in [0.25, 0.3) is 16.7 Å². The third-order valence-electron chi connectivity index (χ3n) is 4.76. The Hall–Kier alpha value is -2.91. The van der Waals surface area contributed by atoms with Gasteiger partial charge in [0.25, 0.3) is 0 Å². The van der Waals surface area contributed by atoms with E-state index in [0.717, 1.165) is 17.5 Å². The van der Waals surface area contributed by atoms with Crippen LogP contribution >= 0.6 is 23.4 Å². The summed E-state index contributed by atoms with van der Waals surface area (Å²) in [5, 5.41) is 12.6. The number of anilines is 1. The summed E-state index contributed by atoms with van der Waals surface area (Å²) >= 11 is 7.72. The summed E-state index contributed by atoms with van der Waals surface area (Å²) in [4.78, 5) is 21.7. The van der Waals surface area contributed by atoms with E-state index >= 15 is 0 Å². The van der Waals surface area contributed by atoms with Crippen LogP contribution < -0.4 is 5.32 Å². The fourth-order valence-corrected chi connectivity index (χ4v) is 4.38. The molecule has 0 aliphatic heterocycles. The van der Waals surface area contributed by atoms with E-state index in [4.69, 9.17) is 16.1 Å². The van der Waals surface area contributed by atoms with Gasteiger partial charge in [0.1, 0.15) is 17.6 Å². The molecule has 4 aromatic rings. The van der Waals surface area contributed by atoms with Crippen molar-refractivity contribution in [2.75, 3.05) is 5.32 Å². The molecule has 1 amide bonds. The van der Waals surface area contributed by atoms with Crippen LogP contribution in [0.1, 0.15) is 20.3 Å². The first kappa shape index (κ1) is 20.4. The van der Waals surface area contributed by atoms with Gasteiger partial charge >= 0.3 is 0 Å². The Balaban J connectivity index is 1.67. The monoisotopic (exact) mass is 442 g/mol. The number of benzene rings is 1. The first-order valence-corrected chi connectivity index (χ1v) is 10.7. The highest BCUT2D eigenvalue weighted by atomic mass is 35.5. The number of aromatic nitrogens is 5. The van der Waals surface area contributed by atoms with Gasteiger partial charge in [-0.15, -0.1) is 0 Å². The zero-order chi connectivity index (χ0) is 21.1. The Bertz CT molecular complexity index is 1160. The average Bonchev–Trinajstić information content (AvgIpc) is 3.42. The summed E-state index contributed by atoms with van der Waals surface area (Å²) in [6, 6.07) is 9.02. The molecule has 0 radical (unpaired) electrons. The number of thioether (sulfide) groups is 1. The second kappa shape index (κ2) is 8.85. The molecule has 0 spiro atoms. The highest BCUT2D eigenvalue weighted by molar-refractivity contribution is 8.00. The zero-order valence-corrected chi connectivity index (χ0v) is 17.9. The summed E-state index contributed by atoms with van der Waals surface area (Å²) in [5.41, 5.74) is 1.35. The number of amides is 1. The zero-order valence-electron chi connectivity index (χ0n) is 16.3. The lowest BCUT2D eigenvalue weighted by atomic mass is 10.0. The molecule has 0 fully saturated rings. The van der Waals surface area contributed by atoms with E-state index < -0.39 is 0 Å². The van der Waals surface area contributed by atoms with E-state index in [1.54, 1.807) is 23.0 Å². The second-order valence-corrected chi connectivity index (χ2v) is 8.26. The molecule has 10 heteroatoms. The molecule has 4 rings (SSSR count). The maximum Gasteiger partial charge on any atom is 0.239 e. The van der Waals surface area contributed by atoms with Crippen LogP contribution in [0.4, 0.5) is 5.82 Å². The summed E-state index contributed by atoms with van der Waals surface area (Å²) in [5.74, 6) is 0.326. The van der Waals surface area contributed by atoms with Gasteiger partial charge in [-0.2, -0.15) is 5.10 Å². The van der Waals surface area contributed by atoms with Gasteiger partial charge < -0.3 is 9.84 Å². The predicted molar refractivity (Wildman–Crippen MR) is 116 cm³/mol. The first-order chi connectivity index (χ1) is 14.6. The molecule has 30 heavy (non-hydrogen) atoms. The maximum absolute atomic E-state index is 12.9. The van der Waals surface area contributed by atoms with Gasteiger partial charge in [0.15, 0.2) is 11.5 Å². The minimum atomic E-state index is -0.381. The third kappa shape index (κ3) is 4.03. The number of hydrogen-bond acceptors (Lipinski definition) is 7. The third-order valence-corrected chi connectivity index (χ3v) is 6.56. The van der Waals surface area contributed by atoms with Crippen molar-refractivity contribution in [3.8, 4) is 5.69 Å². The van der Waals surface area contributed by atoms with Crippen LogP contribution in [0, 0.1) is 5.92 Å². The molecule has 0 saturated heterocycles. The Labute approximate surface area is 182 Å². The van der Waals surface area contributed by atoms with E-state index in [1.807, 2.05) is 32.0 Å². The lowest BCUT2D eigenvalue weighted by Crippen LogP contribution is -2.30. The standard InChI is InChI=1S/C20H19ClN6O2S/c1-3-12(2)17(19(28)25-16-8-9-29-26-16)30-20-13-10-24-27(18(13)22-11-23-20)15-7-5-4-6-14(15)21/h4-12,17H,3H2,1-2H3,(H,25,26,28). The smallest absolute Gasteiger partial charge is 0.239 e. The first-order valence-electron chi connectivity index (χ1n) is 9.40. The SMILES string of the molecule is CCC(C)C(Sc1ncnc2c1cnn2-c1ccccc1Cl)C(=O)Nc1ccon1.